The molecule has 2 aromatic rings. The van der Waals surface area contributed by atoms with E-state index in [2.05, 4.69) is 0 Å². The molecule has 1 aliphatic rings. The average molecular weight is 350 g/mol. The third-order valence-corrected chi connectivity index (χ3v) is 4.34. The topological polar surface area (TPSA) is 18.5 Å². The Balaban J connectivity index is 2.23. The number of alkyl halides is 3. The Bertz CT molecular complexity index is 802. The molecule has 0 atom stereocenters. The van der Waals surface area contributed by atoms with Crippen molar-refractivity contribution in [3.8, 4) is 22.6 Å². The smallest absolute Gasteiger partial charge is 0.416 e. The van der Waals surface area contributed by atoms with Crippen LogP contribution in [0.5, 0.6) is 11.5 Å². The maximum Gasteiger partial charge on any atom is 0.416 e. The molecule has 2 nitrogen and oxygen atoms in total. The van der Waals surface area contributed by atoms with Crippen LogP contribution in [0.3, 0.4) is 0 Å². The SMILES string of the molecule is Cc1ccc2c(c1-c1ccc(C(F)(F)F)c(C(C)(C)C)c1)OCCO2. The Morgan fingerprint density at radius 3 is 2.20 bits per heavy atom. The summed E-state index contributed by atoms with van der Waals surface area (Å²) in [4.78, 5) is 0. The van der Waals surface area contributed by atoms with Gasteiger partial charge < -0.3 is 9.47 Å². The average Bonchev–Trinajstić information content (AvgIpc) is 2.52. The van der Waals surface area contributed by atoms with Crippen molar-refractivity contribution in [2.45, 2.75) is 39.3 Å². The van der Waals surface area contributed by atoms with E-state index in [0.717, 1.165) is 11.1 Å². The first-order chi connectivity index (χ1) is 11.6. The lowest BCUT2D eigenvalue weighted by molar-refractivity contribution is -0.138. The standard InChI is InChI=1S/C20H21F3O2/c1-12-5-8-16-18(25-10-9-24-16)17(12)13-6-7-14(20(21,22)23)15(11-13)19(2,3)4/h5-8,11H,9-10H2,1-4H3. The molecule has 0 spiro atoms. The molecule has 0 saturated carbocycles. The minimum absolute atomic E-state index is 0.270. The van der Waals surface area contributed by atoms with Crippen LogP contribution in [-0.2, 0) is 11.6 Å². The fourth-order valence-electron chi connectivity index (χ4n) is 3.14. The summed E-state index contributed by atoms with van der Waals surface area (Å²) in [5.41, 5.74) is 1.47. The maximum absolute atomic E-state index is 13.4. The van der Waals surface area contributed by atoms with Crippen molar-refractivity contribution < 1.29 is 22.6 Å². The van der Waals surface area contributed by atoms with Crippen LogP contribution in [0.15, 0.2) is 30.3 Å². The summed E-state index contributed by atoms with van der Waals surface area (Å²) in [5, 5.41) is 0. The molecule has 0 aliphatic carbocycles. The summed E-state index contributed by atoms with van der Waals surface area (Å²) < 4.78 is 51.6. The lowest BCUT2D eigenvalue weighted by Gasteiger charge is -2.27. The zero-order valence-electron chi connectivity index (χ0n) is 14.8. The van der Waals surface area contributed by atoms with E-state index in [1.54, 1.807) is 26.8 Å². The highest BCUT2D eigenvalue weighted by Crippen LogP contribution is 2.45. The number of hydrogen-bond donors (Lipinski definition) is 0. The molecule has 2 aromatic carbocycles. The fourth-order valence-corrected chi connectivity index (χ4v) is 3.14. The molecule has 1 aliphatic heterocycles. The van der Waals surface area contributed by atoms with E-state index in [-0.39, 0.29) is 5.56 Å². The van der Waals surface area contributed by atoms with Gasteiger partial charge in [-0.15, -0.1) is 0 Å². The lowest BCUT2D eigenvalue weighted by atomic mass is 9.81. The van der Waals surface area contributed by atoms with Crippen LogP contribution >= 0.6 is 0 Å². The Labute approximate surface area is 145 Å². The summed E-state index contributed by atoms with van der Waals surface area (Å²) in [6.45, 7) is 8.17. The van der Waals surface area contributed by atoms with Gasteiger partial charge in [0.2, 0.25) is 0 Å². The van der Waals surface area contributed by atoms with Crippen LogP contribution in [0.4, 0.5) is 13.2 Å². The molecule has 0 bridgehead atoms. The van der Waals surface area contributed by atoms with Crippen molar-refractivity contribution in [1.29, 1.82) is 0 Å². The number of aryl methyl sites for hydroxylation is 1. The predicted molar refractivity (Wildman–Crippen MR) is 91.3 cm³/mol. The minimum Gasteiger partial charge on any atom is -0.486 e. The largest absolute Gasteiger partial charge is 0.486 e. The van der Waals surface area contributed by atoms with Crippen LogP contribution in [-0.4, -0.2) is 13.2 Å². The monoisotopic (exact) mass is 350 g/mol. The highest BCUT2D eigenvalue weighted by Gasteiger charge is 2.36. The maximum atomic E-state index is 13.4. The van der Waals surface area contributed by atoms with Crippen LogP contribution in [0, 0.1) is 6.92 Å². The van der Waals surface area contributed by atoms with Gasteiger partial charge in [0.05, 0.1) is 5.56 Å². The first-order valence-corrected chi connectivity index (χ1v) is 8.20. The molecule has 3 rings (SSSR count). The normalized spacial score (nSPS) is 14.5. The van der Waals surface area contributed by atoms with Gasteiger partial charge in [0.25, 0.3) is 0 Å². The highest BCUT2D eigenvalue weighted by molar-refractivity contribution is 5.78. The molecule has 0 N–H and O–H groups in total. The molecule has 0 aromatic heterocycles. The molecular weight excluding hydrogens is 329 g/mol. The fraction of sp³-hybridized carbons (Fsp3) is 0.400. The van der Waals surface area contributed by atoms with Crippen LogP contribution in [0.1, 0.15) is 37.5 Å². The quantitative estimate of drug-likeness (QED) is 0.652. The Kier molecular flexibility index (Phi) is 4.21. The first kappa shape index (κ1) is 17.6. The molecule has 0 radical (unpaired) electrons. The molecule has 0 saturated heterocycles. The Hall–Kier alpha value is -2.17. The predicted octanol–water partition coefficient (Wildman–Crippen LogP) is 5.75. The van der Waals surface area contributed by atoms with Crippen molar-refractivity contribution in [1.82, 2.24) is 0 Å². The van der Waals surface area contributed by atoms with E-state index < -0.39 is 17.2 Å². The number of rotatable bonds is 1. The highest BCUT2D eigenvalue weighted by atomic mass is 19.4. The molecule has 1 heterocycles. The molecule has 0 fully saturated rings. The summed E-state index contributed by atoms with van der Waals surface area (Å²) in [7, 11) is 0. The Morgan fingerprint density at radius 1 is 0.880 bits per heavy atom. The summed E-state index contributed by atoms with van der Waals surface area (Å²) in [6, 6.07) is 8.04. The van der Waals surface area contributed by atoms with E-state index >= 15 is 0 Å². The summed E-state index contributed by atoms with van der Waals surface area (Å²) >= 11 is 0. The van der Waals surface area contributed by atoms with Crippen molar-refractivity contribution >= 4 is 0 Å². The van der Waals surface area contributed by atoms with Gasteiger partial charge in [0.15, 0.2) is 11.5 Å². The number of hydrogen-bond acceptors (Lipinski definition) is 2. The second-order valence-corrected chi connectivity index (χ2v) is 7.29. The number of fused-ring (bicyclic) bond motifs is 1. The molecular formula is C20H21F3O2. The van der Waals surface area contributed by atoms with Gasteiger partial charge >= 0.3 is 6.18 Å². The van der Waals surface area contributed by atoms with Crippen molar-refractivity contribution in [2.75, 3.05) is 13.2 Å². The van der Waals surface area contributed by atoms with Gasteiger partial charge in [-0.25, -0.2) is 0 Å². The third-order valence-electron chi connectivity index (χ3n) is 4.34. The zero-order chi connectivity index (χ0) is 18.4. The molecule has 25 heavy (non-hydrogen) atoms. The van der Waals surface area contributed by atoms with E-state index in [1.165, 1.54) is 12.1 Å². The van der Waals surface area contributed by atoms with Gasteiger partial charge in [-0.1, -0.05) is 32.9 Å². The van der Waals surface area contributed by atoms with Crippen LogP contribution < -0.4 is 9.47 Å². The van der Waals surface area contributed by atoms with Gasteiger partial charge in [-0.2, -0.15) is 13.2 Å². The van der Waals surface area contributed by atoms with E-state index in [4.69, 9.17) is 9.47 Å². The summed E-state index contributed by atoms with van der Waals surface area (Å²) in [6.07, 6.45) is -4.38. The van der Waals surface area contributed by atoms with Gasteiger partial charge in [0.1, 0.15) is 13.2 Å². The number of benzene rings is 2. The number of ether oxygens (including phenoxy) is 2. The minimum atomic E-state index is -4.38. The summed E-state index contributed by atoms with van der Waals surface area (Å²) in [5.74, 6) is 1.23. The van der Waals surface area contributed by atoms with E-state index in [0.29, 0.717) is 30.3 Å². The van der Waals surface area contributed by atoms with Gasteiger partial charge in [-0.05, 0) is 47.2 Å². The van der Waals surface area contributed by atoms with E-state index in [1.807, 2.05) is 19.1 Å². The Morgan fingerprint density at radius 2 is 1.56 bits per heavy atom. The van der Waals surface area contributed by atoms with Crippen molar-refractivity contribution in [3.05, 3.63) is 47.0 Å². The van der Waals surface area contributed by atoms with Crippen molar-refractivity contribution in [2.24, 2.45) is 0 Å². The molecule has 134 valence electrons. The lowest BCUT2D eigenvalue weighted by Crippen LogP contribution is -2.20. The second-order valence-electron chi connectivity index (χ2n) is 7.29. The third kappa shape index (κ3) is 3.32. The van der Waals surface area contributed by atoms with Crippen molar-refractivity contribution in [3.63, 3.8) is 0 Å². The van der Waals surface area contributed by atoms with Crippen LogP contribution in [0.2, 0.25) is 0 Å². The van der Waals surface area contributed by atoms with Crippen LogP contribution in [0.25, 0.3) is 11.1 Å². The molecule has 0 amide bonds. The van der Waals surface area contributed by atoms with Gasteiger partial charge in [0, 0.05) is 5.56 Å². The van der Waals surface area contributed by atoms with Gasteiger partial charge in [-0.3, -0.25) is 0 Å². The van der Waals surface area contributed by atoms with E-state index in [9.17, 15) is 13.2 Å². The zero-order valence-corrected chi connectivity index (χ0v) is 14.8. The molecule has 0 unspecified atom stereocenters. The first-order valence-electron chi connectivity index (χ1n) is 8.20. The molecule has 5 heteroatoms. The second kappa shape index (κ2) is 5.97. The number of halogens is 3.